The Morgan fingerprint density at radius 2 is 1.91 bits per heavy atom. The highest BCUT2D eigenvalue weighted by molar-refractivity contribution is 5.54. The quantitative estimate of drug-likeness (QED) is 0.540. The smallest absolute Gasteiger partial charge is 0.255 e. The van der Waals surface area contributed by atoms with Crippen LogP contribution in [0.2, 0.25) is 0 Å². The van der Waals surface area contributed by atoms with Crippen LogP contribution >= 0.6 is 0 Å². The zero-order valence-electron chi connectivity index (χ0n) is 18.6. The molecular weight excluding hydrogens is 400 g/mol. The van der Waals surface area contributed by atoms with Crippen LogP contribution in [0.1, 0.15) is 33.8 Å². The zero-order chi connectivity index (χ0) is 22.2. The monoisotopic (exact) mass is 426 g/mol. The van der Waals surface area contributed by atoms with Gasteiger partial charge in [0.1, 0.15) is 11.6 Å². The molecule has 0 saturated carbocycles. The Morgan fingerprint density at radius 3 is 2.69 bits per heavy atom. The minimum atomic E-state index is -0.0545. The first kappa shape index (κ1) is 20.3. The molecule has 7 nitrogen and oxygen atoms in total. The predicted molar refractivity (Wildman–Crippen MR) is 124 cm³/mol. The van der Waals surface area contributed by atoms with Crippen LogP contribution < -0.4 is 5.56 Å². The molecule has 0 fully saturated rings. The Morgan fingerprint density at radius 1 is 1.09 bits per heavy atom. The Hall–Kier alpha value is -3.58. The molecule has 1 aliphatic rings. The molecule has 0 aromatic carbocycles. The van der Waals surface area contributed by atoms with Crippen LogP contribution in [0.4, 0.5) is 0 Å². The number of nitrogens with zero attached hydrogens (tertiary/aromatic N) is 5. The zero-order valence-corrected chi connectivity index (χ0v) is 18.6. The highest BCUT2D eigenvalue weighted by atomic mass is 16.1. The number of rotatable bonds is 4. The molecule has 4 aromatic heterocycles. The molecule has 32 heavy (non-hydrogen) atoms. The first-order valence-corrected chi connectivity index (χ1v) is 10.9. The molecule has 0 amide bonds. The molecule has 1 aliphatic heterocycles. The Balaban J connectivity index is 1.40. The van der Waals surface area contributed by atoms with Gasteiger partial charge in [0.05, 0.1) is 11.3 Å². The van der Waals surface area contributed by atoms with Crippen LogP contribution in [-0.2, 0) is 19.5 Å². The van der Waals surface area contributed by atoms with Gasteiger partial charge in [0.15, 0.2) is 0 Å². The van der Waals surface area contributed by atoms with Crippen molar-refractivity contribution in [1.82, 2.24) is 29.4 Å². The van der Waals surface area contributed by atoms with Gasteiger partial charge < -0.3 is 9.55 Å². The van der Waals surface area contributed by atoms with Crippen LogP contribution in [0.15, 0.2) is 53.7 Å². The highest BCUT2D eigenvalue weighted by Gasteiger charge is 2.23. The number of aromatic nitrogens is 5. The highest BCUT2D eigenvalue weighted by Crippen LogP contribution is 2.25. The number of pyridine rings is 2. The van der Waals surface area contributed by atoms with Gasteiger partial charge in [0, 0.05) is 61.6 Å². The maximum Gasteiger partial charge on any atom is 0.255 e. The topological polar surface area (TPSA) is 79.7 Å². The van der Waals surface area contributed by atoms with E-state index in [1.54, 1.807) is 12.4 Å². The first-order chi connectivity index (χ1) is 15.5. The third kappa shape index (κ3) is 3.65. The maximum atomic E-state index is 12.9. The van der Waals surface area contributed by atoms with E-state index < -0.39 is 0 Å². The van der Waals surface area contributed by atoms with E-state index in [0.717, 1.165) is 47.7 Å². The van der Waals surface area contributed by atoms with Gasteiger partial charge in [-0.05, 0) is 56.2 Å². The molecule has 162 valence electrons. The molecule has 7 heteroatoms. The summed E-state index contributed by atoms with van der Waals surface area (Å²) in [4.78, 5) is 31.5. The lowest BCUT2D eigenvalue weighted by atomic mass is 10.1. The van der Waals surface area contributed by atoms with Crippen molar-refractivity contribution in [3.63, 3.8) is 0 Å². The Kier molecular flexibility index (Phi) is 5.19. The second-order valence-electron chi connectivity index (χ2n) is 8.41. The van der Waals surface area contributed by atoms with Gasteiger partial charge in [-0.1, -0.05) is 6.07 Å². The summed E-state index contributed by atoms with van der Waals surface area (Å²) in [6.45, 7) is 8.60. The van der Waals surface area contributed by atoms with Crippen LogP contribution in [0.3, 0.4) is 0 Å². The van der Waals surface area contributed by atoms with Gasteiger partial charge in [0.2, 0.25) is 0 Å². The minimum absolute atomic E-state index is 0.0545. The first-order valence-electron chi connectivity index (χ1n) is 10.9. The van der Waals surface area contributed by atoms with Crippen molar-refractivity contribution < 1.29 is 0 Å². The van der Waals surface area contributed by atoms with E-state index in [1.807, 2.05) is 24.4 Å². The number of aromatic amines is 1. The lowest BCUT2D eigenvalue weighted by Crippen LogP contribution is -2.35. The van der Waals surface area contributed by atoms with E-state index in [-0.39, 0.29) is 5.56 Å². The van der Waals surface area contributed by atoms with Crippen molar-refractivity contribution in [3.05, 3.63) is 93.0 Å². The number of H-pyrrole nitrogens is 1. The fourth-order valence-corrected chi connectivity index (χ4v) is 4.53. The summed E-state index contributed by atoms with van der Waals surface area (Å²) in [7, 11) is 0. The molecule has 4 aromatic rings. The molecule has 0 radical (unpaired) electrons. The van der Waals surface area contributed by atoms with Crippen molar-refractivity contribution >= 4 is 0 Å². The second-order valence-corrected chi connectivity index (χ2v) is 8.41. The third-order valence-electron chi connectivity index (χ3n) is 6.22. The molecule has 0 aliphatic carbocycles. The van der Waals surface area contributed by atoms with E-state index >= 15 is 0 Å². The summed E-state index contributed by atoms with van der Waals surface area (Å²) in [5, 5.41) is 0. The van der Waals surface area contributed by atoms with Crippen molar-refractivity contribution in [3.8, 4) is 17.2 Å². The molecule has 5 rings (SSSR count). The second kappa shape index (κ2) is 8.16. The summed E-state index contributed by atoms with van der Waals surface area (Å²) in [5.41, 5.74) is 7.24. The molecular formula is C25H26N6O. The largest absolute Gasteiger partial charge is 0.306 e. The normalized spacial score (nSPS) is 13.8. The van der Waals surface area contributed by atoms with Crippen LogP contribution in [0, 0.1) is 20.8 Å². The number of aryl methyl sites for hydroxylation is 2. The molecule has 0 spiro atoms. The molecule has 0 saturated heterocycles. The summed E-state index contributed by atoms with van der Waals surface area (Å²) in [6, 6.07) is 10.00. The Bertz CT molecular complexity index is 1340. The number of nitrogens with one attached hydrogen (secondary N) is 1. The van der Waals surface area contributed by atoms with Gasteiger partial charge in [-0.3, -0.25) is 14.7 Å². The summed E-state index contributed by atoms with van der Waals surface area (Å²) in [5.74, 6) is 1.58. The number of fused-ring (bicyclic) bond motifs is 1. The molecule has 0 atom stereocenters. The van der Waals surface area contributed by atoms with Gasteiger partial charge >= 0.3 is 0 Å². The third-order valence-corrected chi connectivity index (χ3v) is 6.22. The summed E-state index contributed by atoms with van der Waals surface area (Å²) >= 11 is 0. The van der Waals surface area contributed by atoms with Gasteiger partial charge in [-0.15, -0.1) is 0 Å². The molecule has 0 unspecified atom stereocenters. The van der Waals surface area contributed by atoms with Crippen LogP contribution in [0.25, 0.3) is 17.2 Å². The van der Waals surface area contributed by atoms with Crippen molar-refractivity contribution in [2.75, 3.05) is 6.54 Å². The van der Waals surface area contributed by atoms with E-state index in [2.05, 4.69) is 57.3 Å². The minimum Gasteiger partial charge on any atom is -0.306 e. The van der Waals surface area contributed by atoms with E-state index in [1.165, 1.54) is 17.0 Å². The molecule has 5 heterocycles. The van der Waals surface area contributed by atoms with E-state index in [9.17, 15) is 4.79 Å². The fourth-order valence-electron chi connectivity index (χ4n) is 4.53. The lowest BCUT2D eigenvalue weighted by Gasteiger charge is -2.27. The predicted octanol–water partition coefficient (Wildman–Crippen LogP) is 3.50. The van der Waals surface area contributed by atoms with Gasteiger partial charge in [-0.2, -0.15) is 0 Å². The van der Waals surface area contributed by atoms with Crippen LogP contribution in [-0.4, -0.2) is 35.9 Å². The summed E-state index contributed by atoms with van der Waals surface area (Å²) in [6.07, 6.45) is 6.01. The van der Waals surface area contributed by atoms with Crippen molar-refractivity contribution in [2.45, 2.75) is 40.3 Å². The standard InChI is InChI=1S/C25H26N6O/c1-16-5-4-9-27-24(16)31-17(2)13-20(18(31)3)14-30-12-8-22-21(15-30)25(32)29-23(28-22)19-6-10-26-11-7-19/h4-7,9-11,13H,8,12,14-15H2,1-3H3,(H,28,29,32). The average Bonchev–Trinajstić information content (AvgIpc) is 3.07. The summed E-state index contributed by atoms with van der Waals surface area (Å²) < 4.78 is 2.22. The van der Waals surface area contributed by atoms with Crippen molar-refractivity contribution in [2.24, 2.45) is 0 Å². The van der Waals surface area contributed by atoms with Crippen molar-refractivity contribution in [1.29, 1.82) is 0 Å². The average molecular weight is 427 g/mol. The fraction of sp³-hybridized carbons (Fsp3) is 0.280. The van der Waals surface area contributed by atoms with Crippen LogP contribution in [0.5, 0.6) is 0 Å². The number of hydrogen-bond acceptors (Lipinski definition) is 5. The molecule has 1 N–H and O–H groups in total. The molecule has 0 bridgehead atoms. The lowest BCUT2D eigenvalue weighted by molar-refractivity contribution is 0.241. The SMILES string of the molecule is Cc1cccnc1-n1c(C)cc(CN2CCc3nc(-c4ccncc4)[nH]c(=O)c3C2)c1C. The van der Waals surface area contributed by atoms with E-state index in [4.69, 9.17) is 4.98 Å². The number of hydrogen-bond donors (Lipinski definition) is 1. The van der Waals surface area contributed by atoms with Gasteiger partial charge in [0.25, 0.3) is 5.56 Å². The van der Waals surface area contributed by atoms with E-state index in [0.29, 0.717) is 12.4 Å². The van der Waals surface area contributed by atoms with Gasteiger partial charge in [-0.25, -0.2) is 9.97 Å². The maximum absolute atomic E-state index is 12.9. The Labute approximate surface area is 186 Å².